The highest BCUT2D eigenvalue weighted by atomic mass is 79.9. The fourth-order valence-corrected chi connectivity index (χ4v) is 1.60. The van der Waals surface area contributed by atoms with Gasteiger partial charge in [0.15, 0.2) is 6.67 Å². The summed E-state index contributed by atoms with van der Waals surface area (Å²) in [5.41, 5.74) is 1.35. The zero-order valence-corrected chi connectivity index (χ0v) is 10.2. The molecule has 0 spiro atoms. The highest BCUT2D eigenvalue weighted by molar-refractivity contribution is 5.14. The van der Waals surface area contributed by atoms with Crippen molar-refractivity contribution in [3.8, 4) is 0 Å². The number of benzene rings is 1. The number of halogens is 1. The Hall–Kier alpha value is -1.06. The topological polar surface area (TPSA) is 7.68 Å². The molecule has 1 aliphatic heterocycles. The van der Waals surface area contributed by atoms with Crippen molar-refractivity contribution in [1.29, 1.82) is 0 Å². The third-order valence-electron chi connectivity index (χ3n) is 2.38. The van der Waals surface area contributed by atoms with E-state index in [9.17, 15) is 0 Å². The summed E-state index contributed by atoms with van der Waals surface area (Å²) in [7, 11) is 0. The van der Waals surface area contributed by atoms with Crippen molar-refractivity contribution in [3.05, 3.63) is 61.1 Å². The van der Waals surface area contributed by atoms with Crippen LogP contribution in [0.1, 0.15) is 5.56 Å². The van der Waals surface area contributed by atoms with Crippen molar-refractivity contribution in [3.63, 3.8) is 0 Å². The maximum atomic E-state index is 3.77. The lowest BCUT2D eigenvalue weighted by Gasteiger charge is -2.14. The third kappa shape index (κ3) is 3.22. The van der Waals surface area contributed by atoms with Crippen molar-refractivity contribution in [1.82, 2.24) is 4.90 Å². The summed E-state index contributed by atoms with van der Waals surface area (Å²) in [5, 5.41) is 0. The Labute approximate surface area is 101 Å². The smallest absolute Gasteiger partial charge is 0.161 e. The molecule has 15 heavy (non-hydrogen) atoms. The zero-order chi connectivity index (χ0) is 9.80. The van der Waals surface area contributed by atoms with Gasteiger partial charge in [0.2, 0.25) is 0 Å². The van der Waals surface area contributed by atoms with Gasteiger partial charge in [-0.3, -0.25) is 4.90 Å². The van der Waals surface area contributed by atoms with E-state index in [2.05, 4.69) is 48.1 Å². The SMILES string of the molecule is C=C[NH+]1C=CN(Cc2ccccc2)C1.[Br-]. The second kappa shape index (κ2) is 5.73. The first-order valence-electron chi connectivity index (χ1n) is 4.83. The molecule has 1 atom stereocenters. The van der Waals surface area contributed by atoms with E-state index in [1.807, 2.05) is 12.3 Å². The second-order valence-corrected chi connectivity index (χ2v) is 3.49. The molecular formula is C12H15BrN2. The Morgan fingerprint density at radius 3 is 2.67 bits per heavy atom. The average molecular weight is 267 g/mol. The van der Waals surface area contributed by atoms with Crippen molar-refractivity contribution in [2.24, 2.45) is 0 Å². The summed E-state index contributed by atoms with van der Waals surface area (Å²) in [6.45, 7) is 5.73. The van der Waals surface area contributed by atoms with Gasteiger partial charge in [0.1, 0.15) is 6.20 Å². The molecule has 1 heterocycles. The van der Waals surface area contributed by atoms with Crippen LogP contribution in [0.5, 0.6) is 0 Å². The molecule has 0 saturated carbocycles. The minimum atomic E-state index is 0. The van der Waals surface area contributed by atoms with Crippen molar-refractivity contribution in [2.75, 3.05) is 6.67 Å². The maximum Gasteiger partial charge on any atom is 0.161 e. The van der Waals surface area contributed by atoms with E-state index < -0.39 is 0 Å². The normalized spacial score (nSPS) is 18.7. The summed E-state index contributed by atoms with van der Waals surface area (Å²) in [4.78, 5) is 3.58. The molecule has 1 unspecified atom stereocenters. The molecule has 0 radical (unpaired) electrons. The van der Waals surface area contributed by atoms with Crippen LogP contribution in [0.3, 0.4) is 0 Å². The predicted molar refractivity (Wildman–Crippen MR) is 57.2 cm³/mol. The van der Waals surface area contributed by atoms with Crippen LogP contribution >= 0.6 is 0 Å². The van der Waals surface area contributed by atoms with Gasteiger partial charge in [0.25, 0.3) is 0 Å². The number of hydrogen-bond acceptors (Lipinski definition) is 1. The molecule has 1 N–H and O–H groups in total. The van der Waals surface area contributed by atoms with E-state index >= 15 is 0 Å². The van der Waals surface area contributed by atoms with Crippen LogP contribution in [0.15, 0.2) is 55.5 Å². The van der Waals surface area contributed by atoms with Gasteiger partial charge in [0, 0.05) is 6.54 Å². The Balaban J connectivity index is 0.00000112. The van der Waals surface area contributed by atoms with E-state index in [0.29, 0.717) is 0 Å². The van der Waals surface area contributed by atoms with Crippen LogP contribution < -0.4 is 21.9 Å². The van der Waals surface area contributed by atoms with Crippen molar-refractivity contribution >= 4 is 0 Å². The van der Waals surface area contributed by atoms with Crippen LogP contribution in [-0.2, 0) is 6.54 Å². The van der Waals surface area contributed by atoms with E-state index in [1.165, 1.54) is 10.5 Å². The first-order valence-corrected chi connectivity index (χ1v) is 4.83. The third-order valence-corrected chi connectivity index (χ3v) is 2.38. The van der Waals surface area contributed by atoms with Gasteiger partial charge in [0.05, 0.1) is 12.4 Å². The molecule has 1 aromatic rings. The van der Waals surface area contributed by atoms with Gasteiger partial charge in [-0.25, -0.2) is 0 Å². The van der Waals surface area contributed by atoms with E-state index in [-0.39, 0.29) is 17.0 Å². The fourth-order valence-electron chi connectivity index (χ4n) is 1.60. The lowest BCUT2D eigenvalue weighted by molar-refractivity contribution is -0.792. The van der Waals surface area contributed by atoms with Crippen LogP contribution in [0, 0.1) is 0 Å². The van der Waals surface area contributed by atoms with Crippen LogP contribution in [0.25, 0.3) is 0 Å². The Morgan fingerprint density at radius 2 is 2.07 bits per heavy atom. The summed E-state index contributed by atoms with van der Waals surface area (Å²) >= 11 is 0. The summed E-state index contributed by atoms with van der Waals surface area (Å²) in [6.07, 6.45) is 6.17. The fraction of sp³-hybridized carbons (Fsp3) is 0.167. The molecule has 3 heteroatoms. The first-order chi connectivity index (χ1) is 6.88. The molecule has 0 fully saturated rings. The van der Waals surface area contributed by atoms with Crippen molar-refractivity contribution in [2.45, 2.75) is 6.54 Å². The van der Waals surface area contributed by atoms with E-state index in [1.54, 1.807) is 0 Å². The molecule has 80 valence electrons. The standard InChI is InChI=1S/C12H14N2.BrH/c1-2-13-8-9-14(11-13)10-12-6-4-3-5-7-12;/h2-9H,1,10-11H2;1H. The maximum absolute atomic E-state index is 3.77. The van der Waals surface area contributed by atoms with Gasteiger partial charge in [-0.15, -0.1) is 0 Å². The number of rotatable bonds is 3. The largest absolute Gasteiger partial charge is 1.00 e. The highest BCUT2D eigenvalue weighted by Crippen LogP contribution is 2.04. The van der Waals surface area contributed by atoms with Crippen molar-refractivity contribution < 1.29 is 21.9 Å². The number of hydrogen-bond donors (Lipinski definition) is 1. The molecule has 0 saturated heterocycles. The molecule has 2 nitrogen and oxygen atoms in total. The molecular weight excluding hydrogens is 252 g/mol. The highest BCUT2D eigenvalue weighted by Gasteiger charge is 2.13. The lowest BCUT2D eigenvalue weighted by atomic mass is 10.2. The molecule has 1 aliphatic rings. The van der Waals surface area contributed by atoms with E-state index in [4.69, 9.17) is 0 Å². The van der Waals surface area contributed by atoms with Crippen LogP contribution in [0.2, 0.25) is 0 Å². The summed E-state index contributed by atoms with van der Waals surface area (Å²) in [5.74, 6) is 0. The molecule has 0 aromatic heterocycles. The molecule has 0 bridgehead atoms. The lowest BCUT2D eigenvalue weighted by Crippen LogP contribution is -3.02. The van der Waals surface area contributed by atoms with Crippen LogP contribution in [-0.4, -0.2) is 11.6 Å². The minimum absolute atomic E-state index is 0. The average Bonchev–Trinajstić information content (AvgIpc) is 2.67. The van der Waals surface area contributed by atoms with Gasteiger partial charge in [-0.1, -0.05) is 30.3 Å². The molecule has 0 amide bonds. The van der Waals surface area contributed by atoms with Gasteiger partial charge < -0.3 is 21.9 Å². The molecule has 2 rings (SSSR count). The van der Waals surface area contributed by atoms with Gasteiger partial charge in [-0.2, -0.15) is 0 Å². The Morgan fingerprint density at radius 1 is 1.33 bits per heavy atom. The van der Waals surface area contributed by atoms with Gasteiger partial charge in [-0.05, 0) is 12.1 Å². The summed E-state index contributed by atoms with van der Waals surface area (Å²) < 4.78 is 0. The zero-order valence-electron chi connectivity index (χ0n) is 8.57. The Bertz CT molecular complexity index is 335. The number of quaternary nitrogens is 1. The minimum Gasteiger partial charge on any atom is -1.00 e. The van der Waals surface area contributed by atoms with Gasteiger partial charge >= 0.3 is 0 Å². The van der Waals surface area contributed by atoms with E-state index in [0.717, 1.165) is 13.2 Å². The first kappa shape index (κ1) is 12.0. The summed E-state index contributed by atoms with van der Waals surface area (Å²) in [6, 6.07) is 10.5. The number of nitrogens with zero attached hydrogens (tertiary/aromatic N) is 1. The second-order valence-electron chi connectivity index (χ2n) is 3.49. The molecule has 1 aromatic carbocycles. The Kier molecular flexibility index (Phi) is 4.59. The quantitative estimate of drug-likeness (QED) is 0.663. The predicted octanol–water partition coefficient (Wildman–Crippen LogP) is -2.04. The van der Waals surface area contributed by atoms with Crippen LogP contribution in [0.4, 0.5) is 0 Å². The molecule has 0 aliphatic carbocycles. The monoisotopic (exact) mass is 266 g/mol. The number of nitrogens with one attached hydrogen (secondary N) is 1.